The van der Waals surface area contributed by atoms with Crippen LogP contribution in [0, 0.1) is 5.92 Å². The number of benzene rings is 1. The Kier molecular flexibility index (Phi) is 3.24. The third kappa shape index (κ3) is 2.61. The summed E-state index contributed by atoms with van der Waals surface area (Å²) in [6.45, 7) is 3.04. The van der Waals surface area contributed by atoms with Gasteiger partial charge < -0.3 is 10.6 Å². The van der Waals surface area contributed by atoms with Crippen LogP contribution >= 0.6 is 0 Å². The van der Waals surface area contributed by atoms with Crippen molar-refractivity contribution >= 4 is 15.7 Å². The SMILES string of the molecule is Nc1ccc(S(=O)(=O)N[C@@H]2CN3CCC2CC3)cc1. The van der Waals surface area contributed by atoms with Gasteiger partial charge in [-0.15, -0.1) is 0 Å². The van der Waals surface area contributed by atoms with Crippen LogP contribution < -0.4 is 10.5 Å². The second-order valence-electron chi connectivity index (χ2n) is 5.43. The lowest BCUT2D eigenvalue weighted by Gasteiger charge is -2.44. The number of sulfonamides is 1. The minimum atomic E-state index is -3.43. The third-order valence-electron chi connectivity index (χ3n) is 4.15. The van der Waals surface area contributed by atoms with Crippen molar-refractivity contribution in [3.05, 3.63) is 24.3 Å². The zero-order chi connectivity index (χ0) is 13.5. The molecule has 6 heteroatoms. The maximum absolute atomic E-state index is 12.3. The second-order valence-corrected chi connectivity index (χ2v) is 7.15. The van der Waals surface area contributed by atoms with E-state index in [1.165, 1.54) is 0 Å². The number of nitrogens with two attached hydrogens (primary N) is 1. The molecule has 104 valence electrons. The van der Waals surface area contributed by atoms with Crippen molar-refractivity contribution in [3.63, 3.8) is 0 Å². The highest BCUT2D eigenvalue weighted by molar-refractivity contribution is 7.89. The summed E-state index contributed by atoms with van der Waals surface area (Å²) in [6, 6.07) is 6.39. The Labute approximate surface area is 113 Å². The van der Waals surface area contributed by atoms with E-state index in [-0.39, 0.29) is 10.9 Å². The van der Waals surface area contributed by atoms with Crippen LogP contribution in [-0.2, 0) is 10.0 Å². The molecule has 3 heterocycles. The van der Waals surface area contributed by atoms with Crippen LogP contribution in [0.5, 0.6) is 0 Å². The Morgan fingerprint density at radius 2 is 1.79 bits per heavy atom. The van der Waals surface area contributed by atoms with E-state index in [9.17, 15) is 8.42 Å². The fraction of sp³-hybridized carbons (Fsp3) is 0.538. The lowest BCUT2D eigenvalue weighted by molar-refractivity contribution is 0.0827. The first kappa shape index (κ1) is 12.9. The molecule has 2 bridgehead atoms. The first-order valence-corrected chi connectivity index (χ1v) is 8.13. The summed E-state index contributed by atoms with van der Waals surface area (Å²) >= 11 is 0. The molecule has 0 saturated carbocycles. The van der Waals surface area contributed by atoms with Gasteiger partial charge in [-0.3, -0.25) is 0 Å². The zero-order valence-corrected chi connectivity index (χ0v) is 11.6. The Hall–Kier alpha value is -1.11. The summed E-state index contributed by atoms with van der Waals surface area (Å²) < 4.78 is 27.5. The third-order valence-corrected chi connectivity index (χ3v) is 5.66. The summed E-state index contributed by atoms with van der Waals surface area (Å²) in [5.41, 5.74) is 6.15. The maximum Gasteiger partial charge on any atom is 0.240 e. The zero-order valence-electron chi connectivity index (χ0n) is 10.7. The van der Waals surface area contributed by atoms with Crippen LogP contribution in [-0.4, -0.2) is 39.0 Å². The number of nitrogens with one attached hydrogen (secondary N) is 1. The largest absolute Gasteiger partial charge is 0.399 e. The first-order chi connectivity index (χ1) is 9.04. The molecule has 1 aromatic carbocycles. The van der Waals surface area contributed by atoms with Crippen LogP contribution in [0.15, 0.2) is 29.2 Å². The number of nitrogen functional groups attached to an aromatic ring is 1. The summed E-state index contributed by atoms with van der Waals surface area (Å²) in [5.74, 6) is 0.480. The molecule has 3 N–H and O–H groups in total. The molecule has 5 nitrogen and oxygen atoms in total. The van der Waals surface area contributed by atoms with Gasteiger partial charge in [0.05, 0.1) is 4.90 Å². The van der Waals surface area contributed by atoms with Crippen LogP contribution in [0.1, 0.15) is 12.8 Å². The highest BCUT2D eigenvalue weighted by Gasteiger charge is 2.36. The number of anilines is 1. The minimum absolute atomic E-state index is 0.0463. The molecular weight excluding hydrogens is 262 g/mol. The average Bonchev–Trinajstić information content (AvgIpc) is 2.40. The van der Waals surface area contributed by atoms with Gasteiger partial charge in [0.1, 0.15) is 0 Å². The van der Waals surface area contributed by atoms with Crippen LogP contribution in [0.4, 0.5) is 5.69 Å². The molecule has 0 radical (unpaired) electrons. The van der Waals surface area contributed by atoms with Gasteiger partial charge in [0.25, 0.3) is 0 Å². The summed E-state index contributed by atoms with van der Waals surface area (Å²) in [4.78, 5) is 2.62. The molecule has 0 aromatic heterocycles. The Bertz CT molecular complexity index is 548. The number of hydrogen-bond donors (Lipinski definition) is 2. The predicted molar refractivity (Wildman–Crippen MR) is 74.1 cm³/mol. The number of nitrogens with zero attached hydrogens (tertiary/aromatic N) is 1. The smallest absolute Gasteiger partial charge is 0.240 e. The van der Waals surface area contributed by atoms with Crippen molar-refractivity contribution in [2.45, 2.75) is 23.8 Å². The number of rotatable bonds is 3. The van der Waals surface area contributed by atoms with Gasteiger partial charge in [0.15, 0.2) is 0 Å². The van der Waals surface area contributed by atoms with Crippen molar-refractivity contribution in [2.24, 2.45) is 5.92 Å². The van der Waals surface area contributed by atoms with E-state index in [0.717, 1.165) is 32.5 Å². The standard InChI is InChI=1S/C13H19N3O2S/c14-11-1-3-12(4-2-11)19(17,18)15-13-9-16-7-5-10(13)6-8-16/h1-4,10,13,15H,5-9,14H2/t13-/m1/s1. The number of piperidine rings is 3. The van der Waals surface area contributed by atoms with Crippen molar-refractivity contribution in [1.29, 1.82) is 0 Å². The van der Waals surface area contributed by atoms with Gasteiger partial charge in [0.2, 0.25) is 10.0 Å². The quantitative estimate of drug-likeness (QED) is 0.797. The van der Waals surface area contributed by atoms with Crippen molar-refractivity contribution in [3.8, 4) is 0 Å². The van der Waals surface area contributed by atoms with E-state index >= 15 is 0 Å². The lowest BCUT2D eigenvalue weighted by atomic mass is 9.85. The molecule has 1 atom stereocenters. The fourth-order valence-corrected chi connectivity index (χ4v) is 4.31. The molecule has 0 amide bonds. The van der Waals surface area contributed by atoms with Gasteiger partial charge in [-0.05, 0) is 56.1 Å². The topological polar surface area (TPSA) is 75.4 Å². The fourth-order valence-electron chi connectivity index (χ4n) is 3.01. The monoisotopic (exact) mass is 281 g/mol. The Morgan fingerprint density at radius 1 is 1.16 bits per heavy atom. The number of hydrogen-bond acceptors (Lipinski definition) is 4. The van der Waals surface area contributed by atoms with Crippen molar-refractivity contribution in [1.82, 2.24) is 9.62 Å². The van der Waals surface area contributed by atoms with Crippen molar-refractivity contribution in [2.75, 3.05) is 25.4 Å². The van der Waals surface area contributed by atoms with E-state index in [4.69, 9.17) is 5.73 Å². The van der Waals surface area contributed by atoms with Gasteiger partial charge in [-0.2, -0.15) is 0 Å². The second kappa shape index (κ2) is 4.77. The minimum Gasteiger partial charge on any atom is -0.399 e. The average molecular weight is 281 g/mol. The van der Waals surface area contributed by atoms with Gasteiger partial charge >= 0.3 is 0 Å². The molecule has 3 saturated heterocycles. The van der Waals surface area contributed by atoms with E-state index in [0.29, 0.717) is 11.6 Å². The van der Waals surface area contributed by atoms with Crippen LogP contribution in [0.25, 0.3) is 0 Å². The van der Waals surface area contributed by atoms with E-state index in [1.807, 2.05) is 0 Å². The Balaban J connectivity index is 1.76. The summed E-state index contributed by atoms with van der Waals surface area (Å²) in [7, 11) is -3.43. The first-order valence-electron chi connectivity index (χ1n) is 6.65. The molecule has 3 aliphatic heterocycles. The molecule has 3 fully saturated rings. The normalized spacial score (nSPS) is 30.4. The highest BCUT2D eigenvalue weighted by atomic mass is 32.2. The lowest BCUT2D eigenvalue weighted by Crippen LogP contribution is -2.57. The Morgan fingerprint density at radius 3 is 2.32 bits per heavy atom. The van der Waals surface area contributed by atoms with Gasteiger partial charge in [-0.25, -0.2) is 13.1 Å². The summed E-state index contributed by atoms with van der Waals surface area (Å²) in [5, 5.41) is 0. The molecule has 0 unspecified atom stereocenters. The molecular formula is C13H19N3O2S. The van der Waals surface area contributed by atoms with Gasteiger partial charge in [-0.1, -0.05) is 0 Å². The van der Waals surface area contributed by atoms with E-state index < -0.39 is 10.0 Å². The predicted octanol–water partition coefficient (Wildman–Crippen LogP) is 0.641. The molecule has 4 rings (SSSR count). The van der Waals surface area contributed by atoms with Crippen LogP contribution in [0.2, 0.25) is 0 Å². The molecule has 0 aliphatic carbocycles. The van der Waals surface area contributed by atoms with E-state index in [2.05, 4.69) is 9.62 Å². The molecule has 3 aliphatic rings. The van der Waals surface area contributed by atoms with E-state index in [1.54, 1.807) is 24.3 Å². The molecule has 19 heavy (non-hydrogen) atoms. The van der Waals surface area contributed by atoms with Gasteiger partial charge in [0, 0.05) is 18.3 Å². The molecule has 0 spiro atoms. The van der Waals surface area contributed by atoms with Crippen LogP contribution in [0.3, 0.4) is 0 Å². The molecule has 1 aromatic rings. The summed E-state index contributed by atoms with van der Waals surface area (Å²) in [6.07, 6.45) is 2.18. The maximum atomic E-state index is 12.3. The highest BCUT2D eigenvalue weighted by Crippen LogP contribution is 2.28. The number of fused-ring (bicyclic) bond motifs is 3. The van der Waals surface area contributed by atoms with Crippen molar-refractivity contribution < 1.29 is 8.42 Å².